The minimum atomic E-state index is 0.166. The van der Waals surface area contributed by atoms with Gasteiger partial charge in [-0.2, -0.15) is 0 Å². The molecular weight excluding hydrogens is 336 g/mol. The van der Waals surface area contributed by atoms with Crippen molar-refractivity contribution in [1.82, 2.24) is 0 Å². The first-order valence-electron chi connectivity index (χ1n) is 8.03. The first-order chi connectivity index (χ1) is 12.7. The Morgan fingerprint density at radius 1 is 0.577 bits per heavy atom. The first kappa shape index (κ1) is 19.8. The van der Waals surface area contributed by atoms with E-state index in [2.05, 4.69) is 0 Å². The fourth-order valence-electron chi connectivity index (χ4n) is 2.11. The van der Waals surface area contributed by atoms with Crippen molar-refractivity contribution in [2.45, 2.75) is 0 Å². The monoisotopic (exact) mass is 360 g/mol. The number of hydrogen-bond acceptors (Lipinski definition) is 6. The number of hydrogen-bond donors (Lipinski definition) is 0. The highest BCUT2D eigenvalue weighted by Crippen LogP contribution is 2.25. The van der Waals surface area contributed by atoms with Gasteiger partial charge >= 0.3 is 0 Å². The van der Waals surface area contributed by atoms with Crippen LogP contribution in [0.15, 0.2) is 42.5 Å². The summed E-state index contributed by atoms with van der Waals surface area (Å²) in [5, 5.41) is 0. The van der Waals surface area contributed by atoms with Crippen LogP contribution in [0.4, 0.5) is 0 Å². The maximum absolute atomic E-state index is 5.52. The third kappa shape index (κ3) is 6.76. The van der Waals surface area contributed by atoms with Crippen molar-refractivity contribution in [1.29, 1.82) is 0 Å². The lowest BCUT2D eigenvalue weighted by molar-refractivity contribution is 0.0460. The topological polar surface area (TPSA) is 55.4 Å². The second-order valence-corrected chi connectivity index (χ2v) is 5.29. The smallest absolute Gasteiger partial charge is 0.188 e. The van der Waals surface area contributed by atoms with Crippen LogP contribution in [0.1, 0.15) is 11.1 Å². The molecule has 2 aromatic rings. The summed E-state index contributed by atoms with van der Waals surface area (Å²) in [5.41, 5.74) is 1.97. The highest BCUT2D eigenvalue weighted by Gasteiger charge is 2.02. The molecule has 0 fully saturated rings. The van der Waals surface area contributed by atoms with Crippen molar-refractivity contribution < 1.29 is 28.4 Å². The third-order valence-corrected chi connectivity index (χ3v) is 3.28. The molecule has 6 heteroatoms. The predicted octanol–water partition coefficient (Wildman–Crippen LogP) is 3.81. The Hall–Kier alpha value is -2.54. The Bertz CT molecular complexity index is 655. The first-order valence-corrected chi connectivity index (χ1v) is 8.03. The van der Waals surface area contributed by atoms with Gasteiger partial charge in [-0.15, -0.1) is 0 Å². The lowest BCUT2D eigenvalue weighted by atomic mass is 10.1. The van der Waals surface area contributed by atoms with Crippen molar-refractivity contribution in [3.8, 4) is 17.2 Å². The zero-order valence-corrected chi connectivity index (χ0v) is 15.3. The van der Waals surface area contributed by atoms with Crippen LogP contribution in [0.3, 0.4) is 0 Å². The summed E-state index contributed by atoms with van der Waals surface area (Å²) in [6.45, 7) is 0.563. The van der Waals surface area contributed by atoms with Crippen LogP contribution < -0.4 is 14.2 Å². The molecule has 0 heterocycles. The van der Waals surface area contributed by atoms with Gasteiger partial charge in [0.15, 0.2) is 20.4 Å². The molecule has 140 valence electrons. The molecule has 0 amide bonds. The highest BCUT2D eigenvalue weighted by molar-refractivity contribution is 5.71. The Morgan fingerprint density at radius 3 is 1.54 bits per heavy atom. The minimum absolute atomic E-state index is 0.166. The average Bonchev–Trinajstić information content (AvgIpc) is 2.68. The summed E-state index contributed by atoms with van der Waals surface area (Å²) in [5.74, 6) is 2.07. The minimum Gasteiger partial charge on any atom is -0.468 e. The van der Waals surface area contributed by atoms with Gasteiger partial charge < -0.3 is 28.4 Å². The van der Waals surface area contributed by atoms with Crippen LogP contribution in [0.25, 0.3) is 12.2 Å². The van der Waals surface area contributed by atoms with Crippen LogP contribution >= 0.6 is 0 Å². The van der Waals surface area contributed by atoms with E-state index in [9.17, 15) is 0 Å². The molecule has 0 unspecified atom stereocenters. The maximum atomic E-state index is 5.52. The van der Waals surface area contributed by atoms with E-state index < -0.39 is 0 Å². The van der Waals surface area contributed by atoms with E-state index in [4.69, 9.17) is 28.4 Å². The molecule has 0 saturated heterocycles. The molecule has 0 saturated carbocycles. The molecule has 0 aliphatic heterocycles. The Morgan fingerprint density at radius 2 is 1.04 bits per heavy atom. The second kappa shape index (κ2) is 11.1. The summed E-state index contributed by atoms with van der Waals surface area (Å²) in [7, 11) is 4.74. The largest absolute Gasteiger partial charge is 0.468 e. The lowest BCUT2D eigenvalue weighted by Crippen LogP contribution is -2.02. The van der Waals surface area contributed by atoms with Crippen molar-refractivity contribution in [3.05, 3.63) is 53.6 Å². The molecule has 0 bridgehead atoms. The quantitative estimate of drug-likeness (QED) is 0.449. The average molecular weight is 360 g/mol. The number of benzene rings is 2. The lowest BCUT2D eigenvalue weighted by Gasteiger charge is -2.10. The summed E-state index contributed by atoms with van der Waals surface area (Å²) >= 11 is 0. The van der Waals surface area contributed by atoms with E-state index in [1.54, 1.807) is 27.4 Å². The zero-order valence-electron chi connectivity index (χ0n) is 15.3. The standard InChI is InChI=1S/C20H24O6/c1-21-13-24-18-8-6-16(7-9-18)4-5-17-10-19(25-14-22-2)12-20(11-17)26-15-23-3/h4-12H,13-15H2,1-3H3/b5-4+. The van der Waals surface area contributed by atoms with Crippen molar-refractivity contribution >= 4 is 12.2 Å². The van der Waals surface area contributed by atoms with E-state index in [1.807, 2.05) is 48.6 Å². The van der Waals surface area contributed by atoms with Gasteiger partial charge in [-0.05, 0) is 35.4 Å². The normalized spacial score (nSPS) is 10.9. The molecule has 0 radical (unpaired) electrons. The number of methoxy groups -OCH3 is 3. The van der Waals surface area contributed by atoms with Gasteiger partial charge in [0, 0.05) is 27.4 Å². The Kier molecular flexibility index (Phi) is 8.48. The van der Waals surface area contributed by atoms with Gasteiger partial charge in [0.05, 0.1) is 0 Å². The van der Waals surface area contributed by atoms with E-state index >= 15 is 0 Å². The fraction of sp³-hybridized carbons (Fsp3) is 0.300. The fourth-order valence-corrected chi connectivity index (χ4v) is 2.11. The predicted molar refractivity (Wildman–Crippen MR) is 99.3 cm³/mol. The molecule has 0 aliphatic carbocycles. The highest BCUT2D eigenvalue weighted by atomic mass is 16.7. The van der Waals surface area contributed by atoms with Crippen LogP contribution in [-0.2, 0) is 14.2 Å². The summed E-state index contributed by atoms with van der Waals surface area (Å²) in [6, 6.07) is 13.3. The van der Waals surface area contributed by atoms with Crippen LogP contribution in [0, 0.1) is 0 Å². The SMILES string of the molecule is COCOc1ccc(/C=C/c2cc(OCOC)cc(OCOC)c2)cc1. The summed E-state index contributed by atoms with van der Waals surface area (Å²) in [4.78, 5) is 0. The van der Waals surface area contributed by atoms with Crippen molar-refractivity contribution in [2.24, 2.45) is 0 Å². The van der Waals surface area contributed by atoms with Crippen molar-refractivity contribution in [3.63, 3.8) is 0 Å². The molecule has 0 N–H and O–H groups in total. The van der Waals surface area contributed by atoms with Gasteiger partial charge in [-0.3, -0.25) is 0 Å². The summed E-state index contributed by atoms with van der Waals surface area (Å²) < 4.78 is 31.2. The van der Waals surface area contributed by atoms with Crippen LogP contribution in [0.5, 0.6) is 17.2 Å². The molecule has 2 rings (SSSR count). The molecule has 0 atom stereocenters. The van der Waals surface area contributed by atoms with E-state index in [-0.39, 0.29) is 20.4 Å². The Labute approximate surface area is 153 Å². The van der Waals surface area contributed by atoms with Crippen LogP contribution in [0.2, 0.25) is 0 Å². The van der Waals surface area contributed by atoms with Gasteiger partial charge in [0.1, 0.15) is 17.2 Å². The van der Waals surface area contributed by atoms with E-state index in [0.29, 0.717) is 11.5 Å². The number of rotatable bonds is 11. The van der Waals surface area contributed by atoms with Gasteiger partial charge in [0.25, 0.3) is 0 Å². The van der Waals surface area contributed by atoms with Gasteiger partial charge in [0.2, 0.25) is 0 Å². The van der Waals surface area contributed by atoms with Gasteiger partial charge in [-0.25, -0.2) is 0 Å². The molecule has 0 spiro atoms. The van der Waals surface area contributed by atoms with Crippen LogP contribution in [-0.4, -0.2) is 41.7 Å². The molecule has 6 nitrogen and oxygen atoms in total. The van der Waals surface area contributed by atoms with Crippen molar-refractivity contribution in [2.75, 3.05) is 41.7 Å². The molecule has 0 aliphatic rings. The summed E-state index contributed by atoms with van der Waals surface area (Å²) in [6.07, 6.45) is 3.97. The molecule has 2 aromatic carbocycles. The Balaban J connectivity index is 2.11. The zero-order chi connectivity index (χ0) is 18.6. The number of ether oxygens (including phenoxy) is 6. The van der Waals surface area contributed by atoms with E-state index in [0.717, 1.165) is 16.9 Å². The van der Waals surface area contributed by atoms with Gasteiger partial charge in [-0.1, -0.05) is 24.3 Å². The molecule has 0 aromatic heterocycles. The molecule has 26 heavy (non-hydrogen) atoms. The maximum Gasteiger partial charge on any atom is 0.188 e. The second-order valence-electron chi connectivity index (χ2n) is 5.29. The third-order valence-electron chi connectivity index (χ3n) is 3.28. The molecular formula is C20H24O6. The van der Waals surface area contributed by atoms with E-state index in [1.165, 1.54) is 0 Å².